The topological polar surface area (TPSA) is 79.4 Å². The number of nitro benzene ring substituents is 1. The van der Waals surface area contributed by atoms with E-state index in [0.717, 1.165) is 0 Å². The molecule has 0 radical (unpaired) electrons. The summed E-state index contributed by atoms with van der Waals surface area (Å²) < 4.78 is 11.7. The molecule has 1 aromatic heterocycles. The molecule has 108 valence electrons. The van der Waals surface area contributed by atoms with Gasteiger partial charge in [0.05, 0.1) is 36.5 Å². The molecule has 0 aliphatic heterocycles. The van der Waals surface area contributed by atoms with Crippen LogP contribution in [0.2, 0.25) is 0 Å². The van der Waals surface area contributed by atoms with Crippen LogP contribution in [0, 0.1) is 22.0 Å². The monoisotopic (exact) mass is 287 g/mol. The Bertz CT molecular complexity index is 740. The van der Waals surface area contributed by atoms with E-state index in [1.54, 1.807) is 30.2 Å². The van der Waals surface area contributed by atoms with Crippen LogP contribution in [-0.4, -0.2) is 28.9 Å². The third kappa shape index (κ3) is 2.95. The highest BCUT2D eigenvalue weighted by Gasteiger charge is 2.24. The highest BCUT2D eigenvalue weighted by Crippen LogP contribution is 2.38. The second kappa shape index (κ2) is 5.96. The van der Waals surface area contributed by atoms with Gasteiger partial charge in [0.15, 0.2) is 0 Å². The number of ether oxygens (including phenoxy) is 2. The Balaban J connectivity index is 2.52. The Morgan fingerprint density at radius 1 is 1.29 bits per heavy atom. The maximum absolute atomic E-state index is 11.2. The first-order chi connectivity index (χ1) is 10.1. The highest BCUT2D eigenvalue weighted by atomic mass is 16.6. The van der Waals surface area contributed by atoms with Gasteiger partial charge in [-0.15, -0.1) is 0 Å². The van der Waals surface area contributed by atoms with Crippen molar-refractivity contribution in [3.05, 3.63) is 45.8 Å². The molecule has 0 amide bonds. The minimum atomic E-state index is -0.549. The summed E-state index contributed by atoms with van der Waals surface area (Å²) in [6.45, 7) is 0. The van der Waals surface area contributed by atoms with Crippen LogP contribution in [0.5, 0.6) is 11.5 Å². The van der Waals surface area contributed by atoms with Gasteiger partial charge >= 0.3 is 5.69 Å². The van der Waals surface area contributed by atoms with Gasteiger partial charge in [-0.1, -0.05) is 11.8 Å². The molecule has 1 aromatic carbocycles. The van der Waals surface area contributed by atoms with E-state index < -0.39 is 4.92 Å². The molecule has 0 bridgehead atoms. The van der Waals surface area contributed by atoms with Crippen molar-refractivity contribution >= 4 is 5.69 Å². The predicted molar refractivity (Wildman–Crippen MR) is 75.4 cm³/mol. The van der Waals surface area contributed by atoms with Crippen LogP contribution in [0.15, 0.2) is 24.5 Å². The van der Waals surface area contributed by atoms with Crippen molar-refractivity contribution in [3.8, 4) is 23.3 Å². The van der Waals surface area contributed by atoms with Crippen LogP contribution in [0.4, 0.5) is 5.69 Å². The van der Waals surface area contributed by atoms with Crippen molar-refractivity contribution in [2.24, 2.45) is 7.05 Å². The fourth-order valence-corrected chi connectivity index (χ4v) is 1.82. The van der Waals surface area contributed by atoms with Crippen LogP contribution >= 0.6 is 0 Å². The minimum Gasteiger partial charge on any atom is -0.490 e. The molecule has 7 nitrogen and oxygen atoms in total. The summed E-state index contributed by atoms with van der Waals surface area (Å²) in [6.07, 6.45) is 3.36. The van der Waals surface area contributed by atoms with Gasteiger partial charge in [-0.25, -0.2) is 0 Å². The van der Waals surface area contributed by atoms with Gasteiger partial charge in [-0.05, 0) is 12.1 Å². The van der Waals surface area contributed by atoms with Gasteiger partial charge in [0.2, 0.25) is 11.5 Å². The van der Waals surface area contributed by atoms with Gasteiger partial charge < -0.3 is 9.47 Å². The van der Waals surface area contributed by atoms with Gasteiger partial charge in [0.25, 0.3) is 0 Å². The molecule has 2 rings (SSSR count). The molecule has 0 spiro atoms. The van der Waals surface area contributed by atoms with E-state index in [1.807, 2.05) is 0 Å². The second-order valence-electron chi connectivity index (χ2n) is 4.11. The van der Waals surface area contributed by atoms with Crippen molar-refractivity contribution in [1.82, 2.24) is 9.78 Å². The zero-order valence-electron chi connectivity index (χ0n) is 11.8. The average molecular weight is 287 g/mol. The molecule has 0 aliphatic rings. The molecule has 0 aliphatic carbocycles. The summed E-state index contributed by atoms with van der Waals surface area (Å²) in [7, 11) is 4.50. The molecular formula is C14H13N3O4. The Kier molecular flexibility index (Phi) is 4.09. The first-order valence-electron chi connectivity index (χ1n) is 5.97. The quantitative estimate of drug-likeness (QED) is 0.488. The summed E-state index contributed by atoms with van der Waals surface area (Å²) >= 11 is 0. The van der Waals surface area contributed by atoms with E-state index >= 15 is 0 Å². The molecule has 0 saturated heterocycles. The lowest BCUT2D eigenvalue weighted by atomic mass is 10.1. The maximum atomic E-state index is 11.2. The number of nitro groups is 1. The molecule has 2 aromatic rings. The van der Waals surface area contributed by atoms with Crippen LogP contribution in [0.3, 0.4) is 0 Å². The van der Waals surface area contributed by atoms with Crippen LogP contribution in [-0.2, 0) is 7.05 Å². The standard InChI is InChI=1S/C14H13N3O4/c1-16-9-10(8-15-16)4-5-11-6-7-12(20-2)13(17(18)19)14(11)21-3/h6-9H,1-3H3. The highest BCUT2D eigenvalue weighted by molar-refractivity contribution is 5.65. The molecular weight excluding hydrogens is 274 g/mol. The number of methoxy groups -OCH3 is 2. The number of nitrogens with zero attached hydrogens (tertiary/aromatic N) is 3. The maximum Gasteiger partial charge on any atom is 0.353 e. The number of hydrogen-bond acceptors (Lipinski definition) is 5. The molecule has 0 fully saturated rings. The Morgan fingerprint density at radius 3 is 2.57 bits per heavy atom. The molecule has 21 heavy (non-hydrogen) atoms. The van der Waals surface area contributed by atoms with Crippen molar-refractivity contribution in [3.63, 3.8) is 0 Å². The zero-order chi connectivity index (χ0) is 15.4. The second-order valence-corrected chi connectivity index (χ2v) is 4.11. The summed E-state index contributed by atoms with van der Waals surface area (Å²) in [5.74, 6) is 5.94. The first-order valence-corrected chi connectivity index (χ1v) is 5.97. The number of benzene rings is 1. The SMILES string of the molecule is COc1ccc(C#Cc2cnn(C)c2)c(OC)c1[N+](=O)[O-]. The van der Waals surface area contributed by atoms with E-state index in [4.69, 9.17) is 9.47 Å². The van der Waals surface area contributed by atoms with E-state index in [0.29, 0.717) is 11.1 Å². The molecule has 7 heteroatoms. The summed E-state index contributed by atoms with van der Waals surface area (Å²) in [5, 5.41) is 15.2. The number of aryl methyl sites for hydroxylation is 1. The average Bonchev–Trinajstić information content (AvgIpc) is 2.89. The third-order valence-electron chi connectivity index (χ3n) is 2.75. The lowest BCUT2D eigenvalue weighted by Crippen LogP contribution is -1.99. The molecule has 0 atom stereocenters. The summed E-state index contributed by atoms with van der Waals surface area (Å²) in [6, 6.07) is 3.11. The molecule has 0 N–H and O–H groups in total. The van der Waals surface area contributed by atoms with Crippen LogP contribution < -0.4 is 9.47 Å². The van der Waals surface area contributed by atoms with Crippen molar-refractivity contribution in [2.75, 3.05) is 14.2 Å². The normalized spacial score (nSPS) is 9.67. The fraction of sp³-hybridized carbons (Fsp3) is 0.214. The van der Waals surface area contributed by atoms with E-state index in [2.05, 4.69) is 16.9 Å². The first kappa shape index (κ1) is 14.4. The van der Waals surface area contributed by atoms with Gasteiger partial charge in [0.1, 0.15) is 0 Å². The number of aromatic nitrogens is 2. The Hall–Kier alpha value is -3.01. The lowest BCUT2D eigenvalue weighted by molar-refractivity contribution is -0.386. The Morgan fingerprint density at radius 2 is 2.05 bits per heavy atom. The van der Waals surface area contributed by atoms with Crippen molar-refractivity contribution < 1.29 is 14.4 Å². The predicted octanol–water partition coefficient (Wildman–Crippen LogP) is 1.75. The van der Waals surface area contributed by atoms with Gasteiger partial charge in [0, 0.05) is 13.2 Å². The molecule has 0 saturated carbocycles. The smallest absolute Gasteiger partial charge is 0.353 e. The van der Waals surface area contributed by atoms with E-state index in [-0.39, 0.29) is 17.2 Å². The lowest BCUT2D eigenvalue weighted by Gasteiger charge is -2.07. The molecule has 0 unspecified atom stereocenters. The largest absolute Gasteiger partial charge is 0.490 e. The van der Waals surface area contributed by atoms with Gasteiger partial charge in [-0.2, -0.15) is 5.10 Å². The van der Waals surface area contributed by atoms with Crippen LogP contribution in [0.25, 0.3) is 0 Å². The van der Waals surface area contributed by atoms with Crippen molar-refractivity contribution in [2.45, 2.75) is 0 Å². The van der Waals surface area contributed by atoms with E-state index in [9.17, 15) is 10.1 Å². The summed E-state index contributed by atoms with van der Waals surface area (Å²) in [5.41, 5.74) is 0.880. The zero-order valence-corrected chi connectivity index (χ0v) is 11.8. The number of hydrogen-bond donors (Lipinski definition) is 0. The van der Waals surface area contributed by atoms with Gasteiger partial charge in [-0.3, -0.25) is 14.8 Å². The van der Waals surface area contributed by atoms with Crippen LogP contribution in [0.1, 0.15) is 11.1 Å². The third-order valence-corrected chi connectivity index (χ3v) is 2.75. The fourth-order valence-electron chi connectivity index (χ4n) is 1.82. The molecule has 1 heterocycles. The Labute approximate surface area is 121 Å². The number of rotatable bonds is 3. The van der Waals surface area contributed by atoms with E-state index in [1.165, 1.54) is 20.3 Å². The minimum absolute atomic E-state index is 0.0794. The van der Waals surface area contributed by atoms with Crippen molar-refractivity contribution in [1.29, 1.82) is 0 Å². The summed E-state index contributed by atoms with van der Waals surface area (Å²) in [4.78, 5) is 10.6.